The minimum Gasteiger partial charge on any atom is -0.422 e. The van der Waals surface area contributed by atoms with E-state index in [0.29, 0.717) is 16.5 Å². The summed E-state index contributed by atoms with van der Waals surface area (Å²) in [5.74, 6) is -2.93. The van der Waals surface area contributed by atoms with Crippen LogP contribution in [0.2, 0.25) is 5.02 Å². The molecule has 0 fully saturated rings. The van der Waals surface area contributed by atoms with Crippen molar-refractivity contribution < 1.29 is 32.3 Å². The van der Waals surface area contributed by atoms with Crippen molar-refractivity contribution in [3.63, 3.8) is 0 Å². The van der Waals surface area contributed by atoms with Crippen molar-refractivity contribution in [3.8, 4) is 5.75 Å². The van der Waals surface area contributed by atoms with E-state index in [0.717, 1.165) is 12.1 Å². The number of ether oxygens (including phenoxy) is 1. The van der Waals surface area contributed by atoms with Gasteiger partial charge in [-0.15, -0.1) is 11.3 Å². The van der Waals surface area contributed by atoms with Gasteiger partial charge in [0, 0.05) is 5.56 Å². The van der Waals surface area contributed by atoms with Crippen molar-refractivity contribution in [2.75, 3.05) is 5.32 Å². The van der Waals surface area contributed by atoms with Crippen LogP contribution in [0.4, 0.5) is 18.9 Å². The smallest absolute Gasteiger partial charge is 0.416 e. The fourth-order valence-corrected chi connectivity index (χ4v) is 3.39. The Labute approximate surface area is 200 Å². The third-order valence-electron chi connectivity index (χ3n) is 4.28. The number of para-hydroxylation sites is 1. The highest BCUT2D eigenvalue weighted by Crippen LogP contribution is 2.33. The second-order valence-corrected chi connectivity index (χ2v) is 8.00. The van der Waals surface area contributed by atoms with Gasteiger partial charge in [-0.25, -0.2) is 10.2 Å². The van der Waals surface area contributed by atoms with Crippen LogP contribution < -0.4 is 15.5 Å². The van der Waals surface area contributed by atoms with Gasteiger partial charge < -0.3 is 10.1 Å². The summed E-state index contributed by atoms with van der Waals surface area (Å²) in [5.41, 5.74) is 1.15. The standard InChI is InChI=1S/C22H15ClF3N3O4S/c1-12(14-5-2-3-6-17(14)33-21(32)18-7-4-10-34-18)28-29-20(31)19(30)27-16-11-13(22(24,25)26)8-9-15(16)23/h2-11H,1H3,(H,27,30)(H,29,31)/b28-12+. The zero-order chi connectivity index (χ0) is 24.9. The first kappa shape index (κ1) is 24.9. The lowest BCUT2D eigenvalue weighted by molar-refractivity contribution is -0.137. The molecule has 7 nitrogen and oxygen atoms in total. The van der Waals surface area contributed by atoms with E-state index in [-0.39, 0.29) is 22.2 Å². The number of nitrogens with one attached hydrogen (secondary N) is 2. The number of hydrogen-bond acceptors (Lipinski definition) is 6. The third-order valence-corrected chi connectivity index (χ3v) is 5.45. The van der Waals surface area contributed by atoms with Gasteiger partial charge in [0.25, 0.3) is 0 Å². The summed E-state index contributed by atoms with van der Waals surface area (Å²) in [7, 11) is 0. The van der Waals surface area contributed by atoms with Crippen LogP contribution in [-0.2, 0) is 15.8 Å². The number of rotatable bonds is 5. The van der Waals surface area contributed by atoms with Crippen LogP contribution in [0.1, 0.15) is 27.7 Å². The quantitative estimate of drug-likeness (QED) is 0.164. The normalized spacial score (nSPS) is 11.6. The summed E-state index contributed by atoms with van der Waals surface area (Å²) in [4.78, 5) is 36.9. The monoisotopic (exact) mass is 509 g/mol. The molecule has 1 heterocycles. The second kappa shape index (κ2) is 10.5. The van der Waals surface area contributed by atoms with E-state index in [4.69, 9.17) is 16.3 Å². The third kappa shape index (κ3) is 6.21. The Kier molecular flexibility index (Phi) is 7.69. The number of alkyl halides is 3. The summed E-state index contributed by atoms with van der Waals surface area (Å²) < 4.78 is 44.0. The summed E-state index contributed by atoms with van der Waals surface area (Å²) in [5, 5.41) is 7.38. The molecule has 2 N–H and O–H groups in total. The number of amides is 2. The molecule has 12 heteroatoms. The SMILES string of the molecule is C/C(=N\NC(=O)C(=O)Nc1cc(C(F)(F)F)ccc1Cl)c1ccccc1OC(=O)c1cccs1. The Hall–Kier alpha value is -3.70. The van der Waals surface area contributed by atoms with Gasteiger partial charge in [0.15, 0.2) is 0 Å². The molecule has 176 valence electrons. The zero-order valence-electron chi connectivity index (χ0n) is 17.3. The van der Waals surface area contributed by atoms with E-state index in [2.05, 4.69) is 5.10 Å². The van der Waals surface area contributed by atoms with Gasteiger partial charge in [-0.05, 0) is 48.7 Å². The van der Waals surface area contributed by atoms with Gasteiger partial charge in [-0.2, -0.15) is 18.3 Å². The van der Waals surface area contributed by atoms with Gasteiger partial charge in [0.05, 0.1) is 22.0 Å². The molecule has 3 rings (SSSR count). The van der Waals surface area contributed by atoms with Crippen LogP contribution in [0.3, 0.4) is 0 Å². The highest BCUT2D eigenvalue weighted by atomic mass is 35.5. The average molecular weight is 510 g/mol. The Balaban J connectivity index is 1.70. The molecule has 34 heavy (non-hydrogen) atoms. The molecule has 0 atom stereocenters. The van der Waals surface area contributed by atoms with E-state index in [9.17, 15) is 27.6 Å². The highest BCUT2D eigenvalue weighted by molar-refractivity contribution is 7.12. The van der Waals surface area contributed by atoms with Gasteiger partial charge in [0.1, 0.15) is 10.6 Å². The minimum absolute atomic E-state index is 0.177. The van der Waals surface area contributed by atoms with Crippen molar-refractivity contribution >= 4 is 52.1 Å². The van der Waals surface area contributed by atoms with Crippen molar-refractivity contribution in [3.05, 3.63) is 81.0 Å². The highest BCUT2D eigenvalue weighted by Gasteiger charge is 2.31. The molecule has 3 aromatic rings. The number of hydrazone groups is 1. The molecule has 0 radical (unpaired) electrons. The summed E-state index contributed by atoms with van der Waals surface area (Å²) in [6.07, 6.45) is -4.66. The number of nitrogens with zero attached hydrogens (tertiary/aromatic N) is 1. The first-order valence-corrected chi connectivity index (χ1v) is 10.7. The maximum absolute atomic E-state index is 12.9. The van der Waals surface area contributed by atoms with E-state index in [1.165, 1.54) is 24.3 Å². The number of benzene rings is 2. The Morgan fingerprint density at radius 1 is 1.03 bits per heavy atom. The number of anilines is 1. The molecule has 0 unspecified atom stereocenters. The molecule has 1 aromatic heterocycles. The van der Waals surface area contributed by atoms with E-state index < -0.39 is 29.5 Å². The maximum Gasteiger partial charge on any atom is 0.416 e. The first-order valence-electron chi connectivity index (χ1n) is 9.43. The van der Waals surface area contributed by atoms with Crippen LogP contribution in [-0.4, -0.2) is 23.5 Å². The van der Waals surface area contributed by atoms with Crippen LogP contribution in [0.5, 0.6) is 5.75 Å². The van der Waals surface area contributed by atoms with Crippen LogP contribution in [0.25, 0.3) is 0 Å². The minimum atomic E-state index is -4.66. The molecule has 0 saturated heterocycles. The Morgan fingerprint density at radius 2 is 1.76 bits per heavy atom. The van der Waals surface area contributed by atoms with Crippen LogP contribution >= 0.6 is 22.9 Å². The van der Waals surface area contributed by atoms with Crippen molar-refractivity contribution in [1.29, 1.82) is 0 Å². The van der Waals surface area contributed by atoms with Crippen molar-refractivity contribution in [1.82, 2.24) is 5.43 Å². The van der Waals surface area contributed by atoms with Gasteiger partial charge in [-0.3, -0.25) is 9.59 Å². The lowest BCUT2D eigenvalue weighted by Crippen LogP contribution is -2.33. The summed E-state index contributed by atoms with van der Waals surface area (Å²) in [6, 6.07) is 12.0. The maximum atomic E-state index is 12.9. The number of carbonyl (C=O) groups is 3. The lowest BCUT2D eigenvalue weighted by Gasteiger charge is -2.11. The van der Waals surface area contributed by atoms with Gasteiger partial charge >= 0.3 is 24.0 Å². The molecular formula is C22H15ClF3N3O4S. The van der Waals surface area contributed by atoms with Gasteiger partial charge in [0.2, 0.25) is 0 Å². The summed E-state index contributed by atoms with van der Waals surface area (Å²) in [6.45, 7) is 1.50. The number of carbonyl (C=O) groups excluding carboxylic acids is 3. The number of esters is 1. The van der Waals surface area contributed by atoms with Crippen molar-refractivity contribution in [2.24, 2.45) is 5.10 Å². The summed E-state index contributed by atoms with van der Waals surface area (Å²) >= 11 is 7.02. The molecule has 2 aromatic carbocycles. The molecule has 0 aliphatic carbocycles. The molecule has 0 aliphatic rings. The van der Waals surface area contributed by atoms with E-state index in [1.807, 2.05) is 10.7 Å². The first-order chi connectivity index (χ1) is 16.1. The van der Waals surface area contributed by atoms with E-state index >= 15 is 0 Å². The van der Waals surface area contributed by atoms with Crippen LogP contribution in [0, 0.1) is 0 Å². The molecule has 2 amide bonds. The van der Waals surface area contributed by atoms with Crippen molar-refractivity contribution in [2.45, 2.75) is 13.1 Å². The van der Waals surface area contributed by atoms with Crippen LogP contribution in [0.15, 0.2) is 65.1 Å². The topological polar surface area (TPSA) is 96.9 Å². The largest absolute Gasteiger partial charge is 0.422 e. The molecular weight excluding hydrogens is 495 g/mol. The number of thiophene rings is 1. The Morgan fingerprint density at radius 3 is 2.44 bits per heavy atom. The fourth-order valence-electron chi connectivity index (χ4n) is 2.62. The predicted molar refractivity (Wildman–Crippen MR) is 121 cm³/mol. The zero-order valence-corrected chi connectivity index (χ0v) is 18.8. The average Bonchev–Trinajstić information content (AvgIpc) is 3.33. The molecule has 0 saturated carbocycles. The van der Waals surface area contributed by atoms with E-state index in [1.54, 1.807) is 35.7 Å². The molecule has 0 bridgehead atoms. The molecule has 0 spiro atoms. The second-order valence-electron chi connectivity index (χ2n) is 6.65. The predicted octanol–water partition coefficient (Wildman–Crippen LogP) is 5.12. The Bertz CT molecular complexity index is 1260. The molecule has 0 aliphatic heterocycles. The number of hydrogen-bond donors (Lipinski definition) is 2. The number of halogens is 4. The van der Waals surface area contributed by atoms with Gasteiger partial charge in [-0.1, -0.05) is 29.8 Å². The lowest BCUT2D eigenvalue weighted by atomic mass is 10.1. The fraction of sp³-hybridized carbons (Fsp3) is 0.0909.